The van der Waals surface area contributed by atoms with Crippen molar-refractivity contribution < 1.29 is 0 Å². The quantitative estimate of drug-likeness (QED) is 0.175. The van der Waals surface area contributed by atoms with Crippen molar-refractivity contribution in [2.75, 3.05) is 0 Å². The highest BCUT2D eigenvalue weighted by molar-refractivity contribution is 6.27. The summed E-state index contributed by atoms with van der Waals surface area (Å²) in [7, 11) is 0. The van der Waals surface area contributed by atoms with E-state index in [9.17, 15) is 0 Å². The number of rotatable bonds is 2. The molecule has 11 rings (SSSR count). The third-order valence-corrected chi connectivity index (χ3v) is 11.0. The Hall–Kier alpha value is -6.31. The largest absolute Gasteiger partial charge is 0.264 e. The molecule has 1 heterocycles. The zero-order chi connectivity index (χ0) is 32.1. The van der Waals surface area contributed by atoms with E-state index < -0.39 is 0 Å². The van der Waals surface area contributed by atoms with Gasteiger partial charge >= 0.3 is 0 Å². The van der Waals surface area contributed by atoms with Crippen LogP contribution in [-0.2, 0) is 0 Å². The summed E-state index contributed by atoms with van der Waals surface area (Å²) >= 11 is 0. The Morgan fingerprint density at radius 1 is 0.327 bits per heavy atom. The zero-order valence-electron chi connectivity index (χ0n) is 26.7. The van der Waals surface area contributed by atoms with E-state index in [4.69, 9.17) is 0 Å². The smallest absolute Gasteiger partial charge is 0.0346 e. The molecule has 0 bridgehead atoms. The minimum Gasteiger partial charge on any atom is -0.264 e. The van der Waals surface area contributed by atoms with Gasteiger partial charge in [-0.1, -0.05) is 121 Å². The van der Waals surface area contributed by atoms with Crippen LogP contribution in [0, 0.1) is 0 Å². The summed E-state index contributed by atoms with van der Waals surface area (Å²) in [5, 5.41) is 20.7. The number of pyridine rings is 1. The molecule has 10 aromatic rings. The summed E-state index contributed by atoms with van der Waals surface area (Å²) in [6.45, 7) is 0. The van der Waals surface area contributed by atoms with Gasteiger partial charge in [0.25, 0.3) is 0 Å². The van der Waals surface area contributed by atoms with E-state index in [0.717, 1.165) is 6.42 Å². The molecule has 0 aliphatic heterocycles. The lowest BCUT2D eigenvalue weighted by molar-refractivity contribution is 1.36. The van der Waals surface area contributed by atoms with Gasteiger partial charge in [-0.05, 0) is 139 Å². The third kappa shape index (κ3) is 3.85. The molecule has 1 aliphatic carbocycles. The van der Waals surface area contributed by atoms with E-state index in [1.54, 1.807) is 0 Å². The van der Waals surface area contributed by atoms with E-state index in [2.05, 4.69) is 157 Å². The van der Waals surface area contributed by atoms with Crippen LogP contribution in [0.25, 0.3) is 86.6 Å². The lowest BCUT2D eigenvalue weighted by Gasteiger charge is -2.14. The van der Waals surface area contributed by atoms with Gasteiger partial charge in [0.1, 0.15) is 0 Å². The van der Waals surface area contributed by atoms with Gasteiger partial charge in [0.15, 0.2) is 0 Å². The predicted octanol–water partition coefficient (Wildman–Crippen LogP) is 11.0. The zero-order valence-corrected chi connectivity index (χ0v) is 26.7. The first kappa shape index (κ1) is 26.7. The lowest BCUT2D eigenvalue weighted by Crippen LogP contribution is -2.24. The molecule has 0 unspecified atom stereocenters. The molecule has 0 atom stereocenters. The lowest BCUT2D eigenvalue weighted by atomic mass is 9.89. The second-order valence-electron chi connectivity index (χ2n) is 13.5. The summed E-state index contributed by atoms with van der Waals surface area (Å²) in [6.07, 6.45) is 4.77. The molecule has 0 saturated heterocycles. The van der Waals surface area contributed by atoms with Gasteiger partial charge in [-0.25, -0.2) is 0 Å². The van der Waals surface area contributed by atoms with E-state index in [-0.39, 0.29) is 0 Å². The van der Waals surface area contributed by atoms with Crippen LogP contribution >= 0.6 is 0 Å². The fraction of sp³-hybridized carbons (Fsp3) is 0.0208. The maximum Gasteiger partial charge on any atom is 0.0346 e. The molecule has 49 heavy (non-hydrogen) atoms. The third-order valence-electron chi connectivity index (χ3n) is 11.0. The fourth-order valence-electron chi connectivity index (χ4n) is 8.71. The predicted molar refractivity (Wildman–Crippen MR) is 209 cm³/mol. The Bertz CT molecular complexity index is 2900. The Balaban J connectivity index is 1.20. The molecule has 9 aromatic carbocycles. The fourth-order valence-corrected chi connectivity index (χ4v) is 8.71. The summed E-state index contributed by atoms with van der Waals surface area (Å²) in [4.78, 5) is 4.49. The van der Waals surface area contributed by atoms with Gasteiger partial charge in [0.05, 0.1) is 0 Å². The minimum absolute atomic E-state index is 0.868. The van der Waals surface area contributed by atoms with Crippen LogP contribution in [0.4, 0.5) is 0 Å². The summed E-state index contributed by atoms with van der Waals surface area (Å²) in [5.74, 6) is 0. The van der Waals surface area contributed by atoms with E-state index in [1.807, 2.05) is 12.4 Å². The Kier molecular flexibility index (Phi) is 5.51. The molecule has 0 radical (unpaired) electrons. The molecule has 0 fully saturated rings. The maximum absolute atomic E-state index is 4.49. The molecule has 0 N–H and O–H groups in total. The van der Waals surface area contributed by atoms with Gasteiger partial charge < -0.3 is 0 Å². The number of benzene rings is 9. The van der Waals surface area contributed by atoms with Crippen molar-refractivity contribution in [2.45, 2.75) is 6.42 Å². The van der Waals surface area contributed by atoms with Crippen molar-refractivity contribution >= 4 is 86.6 Å². The van der Waals surface area contributed by atoms with Crippen LogP contribution in [-0.4, -0.2) is 4.98 Å². The van der Waals surface area contributed by atoms with Gasteiger partial charge in [-0.3, -0.25) is 4.98 Å². The van der Waals surface area contributed by atoms with Gasteiger partial charge in [0, 0.05) is 17.8 Å². The summed E-state index contributed by atoms with van der Waals surface area (Å²) in [6, 6.07) is 56.6. The first-order valence-corrected chi connectivity index (χ1v) is 17.1. The van der Waals surface area contributed by atoms with E-state index in [1.165, 1.54) is 108 Å². The summed E-state index contributed by atoms with van der Waals surface area (Å²) in [5.41, 5.74) is 5.32. The monoisotopic (exact) mass is 619 g/mol. The van der Waals surface area contributed by atoms with Crippen molar-refractivity contribution in [2.24, 2.45) is 0 Å². The average Bonchev–Trinajstić information content (AvgIpc) is 3.55. The topological polar surface area (TPSA) is 12.9 Å². The molecular formula is C48H29N. The molecule has 0 saturated carbocycles. The van der Waals surface area contributed by atoms with Crippen molar-refractivity contribution in [3.63, 3.8) is 0 Å². The number of fused-ring (bicyclic) bond motifs is 14. The molecule has 0 amide bonds. The van der Waals surface area contributed by atoms with Crippen LogP contribution in [0.2, 0.25) is 0 Å². The van der Waals surface area contributed by atoms with Gasteiger partial charge in [-0.2, -0.15) is 0 Å². The summed E-state index contributed by atoms with van der Waals surface area (Å²) < 4.78 is 0. The maximum atomic E-state index is 4.49. The molecular weight excluding hydrogens is 591 g/mol. The first-order valence-electron chi connectivity index (χ1n) is 17.1. The Morgan fingerprint density at radius 3 is 1.12 bits per heavy atom. The van der Waals surface area contributed by atoms with Crippen molar-refractivity contribution in [3.05, 3.63) is 186 Å². The SMILES string of the molecule is c1ccc2c(c1)c1ccccc1c1cc(C3=c4cc5ccncc5cc4=C(c4ccc5c6ccccc6c6ccccc6c5c4)C3)ccc21. The van der Waals surface area contributed by atoms with Crippen LogP contribution in [0.3, 0.4) is 0 Å². The van der Waals surface area contributed by atoms with Crippen LogP contribution in [0.15, 0.2) is 164 Å². The Morgan fingerprint density at radius 2 is 0.694 bits per heavy atom. The van der Waals surface area contributed by atoms with Crippen molar-refractivity contribution in [1.29, 1.82) is 0 Å². The van der Waals surface area contributed by atoms with Gasteiger partial charge in [0.2, 0.25) is 0 Å². The second kappa shape index (κ2) is 10.1. The molecule has 1 aliphatic rings. The van der Waals surface area contributed by atoms with Gasteiger partial charge in [-0.15, -0.1) is 0 Å². The van der Waals surface area contributed by atoms with Crippen LogP contribution in [0.1, 0.15) is 17.5 Å². The second-order valence-corrected chi connectivity index (χ2v) is 13.5. The normalized spacial score (nSPS) is 13.1. The average molecular weight is 620 g/mol. The van der Waals surface area contributed by atoms with Crippen molar-refractivity contribution in [1.82, 2.24) is 4.98 Å². The number of nitrogens with zero attached hydrogens (tertiary/aromatic N) is 1. The van der Waals surface area contributed by atoms with Crippen LogP contribution in [0.5, 0.6) is 0 Å². The Labute approximate surface area is 282 Å². The highest BCUT2D eigenvalue weighted by Crippen LogP contribution is 2.40. The molecule has 1 aromatic heterocycles. The first-order chi connectivity index (χ1) is 24.3. The highest BCUT2D eigenvalue weighted by atomic mass is 14.6. The standard InChI is InChI=1S/C48H29N/c1-3-13-37-33(9-1)35-11-5-7-15-39(35)45-24-30(17-19-41(37)45)43-27-44(48-26-32-28-49-22-21-29(32)23-47(43)48)31-18-20-42-38-14-4-2-10-34(38)36-12-6-8-16-40(36)46(42)25-31/h1-26,28H,27H2. The number of hydrogen-bond donors (Lipinski definition) is 0. The van der Waals surface area contributed by atoms with E-state index >= 15 is 0 Å². The minimum atomic E-state index is 0.868. The van der Waals surface area contributed by atoms with Crippen molar-refractivity contribution in [3.8, 4) is 0 Å². The highest BCUT2D eigenvalue weighted by Gasteiger charge is 2.20. The van der Waals surface area contributed by atoms with E-state index in [0.29, 0.717) is 0 Å². The molecule has 226 valence electrons. The van der Waals surface area contributed by atoms with Crippen LogP contribution < -0.4 is 10.4 Å². The molecule has 0 spiro atoms. The number of hydrogen-bond acceptors (Lipinski definition) is 1. The number of aromatic nitrogens is 1. The molecule has 1 heteroatoms. The molecule has 1 nitrogen and oxygen atoms in total.